The number of nitrogens with one attached hydrogen (secondary N) is 2. The maximum absolute atomic E-state index is 12.8. The van der Waals surface area contributed by atoms with Crippen molar-refractivity contribution >= 4 is 5.91 Å². The molecule has 134 valence electrons. The highest BCUT2D eigenvalue weighted by Gasteiger charge is 2.23. The van der Waals surface area contributed by atoms with E-state index in [2.05, 4.69) is 10.6 Å². The van der Waals surface area contributed by atoms with Gasteiger partial charge in [-0.3, -0.25) is 9.59 Å². The number of hydrogen-bond acceptors (Lipinski definition) is 4. The van der Waals surface area contributed by atoms with E-state index in [0.29, 0.717) is 17.9 Å². The van der Waals surface area contributed by atoms with Crippen LogP contribution in [0.25, 0.3) is 0 Å². The Morgan fingerprint density at radius 2 is 2.08 bits per heavy atom. The van der Waals surface area contributed by atoms with Gasteiger partial charge in [0.05, 0.1) is 12.6 Å². The Morgan fingerprint density at radius 3 is 2.67 bits per heavy atom. The van der Waals surface area contributed by atoms with Gasteiger partial charge >= 0.3 is 0 Å². The molecule has 0 spiro atoms. The van der Waals surface area contributed by atoms with Crippen LogP contribution in [0.1, 0.15) is 55.1 Å². The lowest BCUT2D eigenvalue weighted by Crippen LogP contribution is -2.43. The second kappa shape index (κ2) is 8.44. The van der Waals surface area contributed by atoms with Crippen LogP contribution in [0.3, 0.4) is 0 Å². The first kappa shape index (κ1) is 18.7. The molecule has 3 N–H and O–H groups in total. The fraction of sp³-hybridized carbons (Fsp3) is 0.667. The standard InChI is InChI=1S/C18H29N3O3/c1-12(2)10-14(11-22)20-17(23)16-13(3)6-9-21(18(16)24)15-4-7-19-8-5-15/h6,9,12,14-15,19,22H,4-5,7-8,10-11H2,1-3H3,(H,20,23)/t14-/m0/s1. The monoisotopic (exact) mass is 335 g/mol. The van der Waals surface area contributed by atoms with Gasteiger partial charge in [0.15, 0.2) is 0 Å². The number of nitrogens with zero attached hydrogens (tertiary/aromatic N) is 1. The lowest BCUT2D eigenvalue weighted by molar-refractivity contribution is 0.0905. The first-order valence-electron chi connectivity index (χ1n) is 8.78. The van der Waals surface area contributed by atoms with Crippen LogP contribution in [0.4, 0.5) is 0 Å². The van der Waals surface area contributed by atoms with Crippen molar-refractivity contribution in [1.29, 1.82) is 0 Å². The zero-order valence-electron chi connectivity index (χ0n) is 14.8. The SMILES string of the molecule is Cc1ccn(C2CCNCC2)c(=O)c1C(=O)N[C@H](CO)CC(C)C. The van der Waals surface area contributed by atoms with E-state index >= 15 is 0 Å². The smallest absolute Gasteiger partial charge is 0.263 e. The lowest BCUT2D eigenvalue weighted by Gasteiger charge is -2.25. The van der Waals surface area contributed by atoms with E-state index < -0.39 is 0 Å². The minimum Gasteiger partial charge on any atom is -0.394 e. The lowest BCUT2D eigenvalue weighted by atomic mass is 10.0. The van der Waals surface area contributed by atoms with Gasteiger partial charge in [0.2, 0.25) is 0 Å². The zero-order valence-corrected chi connectivity index (χ0v) is 14.8. The summed E-state index contributed by atoms with van der Waals surface area (Å²) < 4.78 is 1.69. The third-order valence-electron chi connectivity index (χ3n) is 4.57. The van der Waals surface area contributed by atoms with Gasteiger partial charge in [-0.15, -0.1) is 0 Å². The average Bonchev–Trinajstić information content (AvgIpc) is 2.54. The number of piperidine rings is 1. The summed E-state index contributed by atoms with van der Waals surface area (Å²) in [4.78, 5) is 25.5. The summed E-state index contributed by atoms with van der Waals surface area (Å²) in [5, 5.41) is 15.6. The third kappa shape index (κ3) is 4.45. The van der Waals surface area contributed by atoms with Crippen molar-refractivity contribution in [1.82, 2.24) is 15.2 Å². The van der Waals surface area contributed by atoms with E-state index in [1.54, 1.807) is 17.7 Å². The molecule has 6 heteroatoms. The number of rotatable bonds is 6. The predicted octanol–water partition coefficient (Wildman–Crippen LogP) is 1.22. The Hall–Kier alpha value is -1.66. The molecule has 0 radical (unpaired) electrons. The maximum Gasteiger partial charge on any atom is 0.263 e. The van der Waals surface area contributed by atoms with Gasteiger partial charge in [0, 0.05) is 12.2 Å². The molecule has 1 aliphatic rings. The summed E-state index contributed by atoms with van der Waals surface area (Å²) in [6.07, 6.45) is 4.24. The minimum atomic E-state index is -0.388. The van der Waals surface area contributed by atoms with Gasteiger partial charge in [0.1, 0.15) is 5.56 Å². The maximum atomic E-state index is 12.8. The van der Waals surface area contributed by atoms with Crippen LogP contribution in [0.15, 0.2) is 17.1 Å². The number of hydrogen-bond donors (Lipinski definition) is 3. The summed E-state index contributed by atoms with van der Waals surface area (Å²) in [6, 6.07) is 1.63. The van der Waals surface area contributed by atoms with Crippen molar-refractivity contribution in [2.45, 2.75) is 52.1 Å². The Morgan fingerprint density at radius 1 is 1.42 bits per heavy atom. The normalized spacial score (nSPS) is 17.0. The van der Waals surface area contributed by atoms with E-state index in [4.69, 9.17) is 0 Å². The highest BCUT2D eigenvalue weighted by atomic mass is 16.3. The van der Waals surface area contributed by atoms with Crippen LogP contribution in [0, 0.1) is 12.8 Å². The minimum absolute atomic E-state index is 0.127. The van der Waals surface area contributed by atoms with Crippen LogP contribution in [0.2, 0.25) is 0 Å². The highest BCUT2D eigenvalue weighted by Crippen LogP contribution is 2.17. The van der Waals surface area contributed by atoms with Crippen molar-refractivity contribution in [2.75, 3.05) is 19.7 Å². The quantitative estimate of drug-likeness (QED) is 0.730. The molecule has 0 bridgehead atoms. The van der Waals surface area contributed by atoms with Crippen LogP contribution in [0.5, 0.6) is 0 Å². The number of aliphatic hydroxyl groups excluding tert-OH is 1. The van der Waals surface area contributed by atoms with Crippen LogP contribution in [-0.2, 0) is 0 Å². The second-order valence-electron chi connectivity index (χ2n) is 7.05. The molecule has 6 nitrogen and oxygen atoms in total. The topological polar surface area (TPSA) is 83.4 Å². The molecule has 2 heterocycles. The Bertz CT molecular complexity index is 618. The molecule has 0 saturated carbocycles. The molecule has 1 fully saturated rings. The number of carbonyl (C=O) groups is 1. The molecule has 1 saturated heterocycles. The molecule has 0 aliphatic carbocycles. The molecular weight excluding hydrogens is 306 g/mol. The molecule has 1 amide bonds. The third-order valence-corrected chi connectivity index (χ3v) is 4.57. The van der Waals surface area contributed by atoms with Crippen molar-refractivity contribution in [3.8, 4) is 0 Å². The molecule has 1 aromatic rings. The molecule has 1 aromatic heterocycles. The van der Waals surface area contributed by atoms with Gasteiger partial charge < -0.3 is 20.3 Å². The highest BCUT2D eigenvalue weighted by molar-refractivity contribution is 5.95. The van der Waals surface area contributed by atoms with Gasteiger partial charge in [-0.05, 0) is 56.8 Å². The van der Waals surface area contributed by atoms with Gasteiger partial charge in [-0.1, -0.05) is 13.8 Å². The Balaban J connectivity index is 2.25. The number of aliphatic hydroxyl groups is 1. The molecule has 1 aliphatic heterocycles. The average molecular weight is 335 g/mol. The largest absolute Gasteiger partial charge is 0.394 e. The van der Waals surface area contributed by atoms with Crippen molar-refractivity contribution < 1.29 is 9.90 Å². The van der Waals surface area contributed by atoms with E-state index in [9.17, 15) is 14.7 Å². The van der Waals surface area contributed by atoms with E-state index in [-0.39, 0.29) is 35.7 Å². The molecule has 1 atom stereocenters. The van der Waals surface area contributed by atoms with Crippen molar-refractivity contribution in [3.05, 3.63) is 33.7 Å². The number of pyridine rings is 1. The van der Waals surface area contributed by atoms with E-state index in [0.717, 1.165) is 25.9 Å². The van der Waals surface area contributed by atoms with E-state index in [1.807, 2.05) is 19.9 Å². The van der Waals surface area contributed by atoms with Crippen molar-refractivity contribution in [3.63, 3.8) is 0 Å². The number of amides is 1. The summed E-state index contributed by atoms with van der Waals surface area (Å²) in [5.74, 6) is -0.0359. The number of carbonyl (C=O) groups excluding carboxylic acids is 1. The summed E-state index contributed by atoms with van der Waals surface area (Å²) >= 11 is 0. The van der Waals surface area contributed by atoms with Gasteiger partial charge in [-0.2, -0.15) is 0 Å². The predicted molar refractivity (Wildman–Crippen MR) is 94.4 cm³/mol. The first-order valence-corrected chi connectivity index (χ1v) is 8.78. The fourth-order valence-corrected chi connectivity index (χ4v) is 3.30. The summed E-state index contributed by atoms with van der Waals surface area (Å²) in [7, 11) is 0. The second-order valence-corrected chi connectivity index (χ2v) is 7.05. The molecule has 0 unspecified atom stereocenters. The Labute approximate surface area is 143 Å². The van der Waals surface area contributed by atoms with Crippen LogP contribution in [-0.4, -0.2) is 41.3 Å². The van der Waals surface area contributed by atoms with Crippen LogP contribution >= 0.6 is 0 Å². The zero-order chi connectivity index (χ0) is 17.7. The summed E-state index contributed by atoms with van der Waals surface area (Å²) in [5.41, 5.74) is 0.628. The molecule has 0 aromatic carbocycles. The van der Waals surface area contributed by atoms with Gasteiger partial charge in [0.25, 0.3) is 11.5 Å². The summed E-state index contributed by atoms with van der Waals surface area (Å²) in [6.45, 7) is 7.48. The van der Waals surface area contributed by atoms with Crippen molar-refractivity contribution in [2.24, 2.45) is 5.92 Å². The fourth-order valence-electron chi connectivity index (χ4n) is 3.30. The number of aryl methyl sites for hydroxylation is 1. The number of aromatic nitrogens is 1. The Kier molecular flexibility index (Phi) is 6.57. The molecule has 24 heavy (non-hydrogen) atoms. The molecule has 2 rings (SSSR count). The first-order chi connectivity index (χ1) is 11.4. The molecular formula is C18H29N3O3. The van der Waals surface area contributed by atoms with Crippen LogP contribution < -0.4 is 16.2 Å². The van der Waals surface area contributed by atoms with Gasteiger partial charge in [-0.25, -0.2) is 0 Å². The van der Waals surface area contributed by atoms with E-state index in [1.165, 1.54) is 0 Å².